The van der Waals surface area contributed by atoms with Gasteiger partial charge in [0.15, 0.2) is 0 Å². The van der Waals surface area contributed by atoms with E-state index in [0.29, 0.717) is 0 Å². The lowest BCUT2D eigenvalue weighted by molar-refractivity contribution is 1.24. The Labute approximate surface area is 382 Å². The summed E-state index contributed by atoms with van der Waals surface area (Å²) in [7, 11) is 38.8. The molecule has 0 spiro atoms. The molecule has 61 heavy (non-hydrogen) atoms. The van der Waals surface area contributed by atoms with E-state index in [1.54, 1.807) is 0 Å². The maximum absolute atomic E-state index is 6.77. The van der Waals surface area contributed by atoms with Gasteiger partial charge in [0, 0.05) is 5.56 Å². The van der Waals surface area contributed by atoms with Gasteiger partial charge in [0.1, 0.15) is 133 Å². The molecule has 0 bridgehead atoms. The zero-order chi connectivity index (χ0) is 44.9. The number of hydrogen-bond acceptors (Lipinski definition) is 0. The van der Waals surface area contributed by atoms with Crippen molar-refractivity contribution in [2.45, 2.75) is 12.7 Å². The van der Waals surface area contributed by atoms with Gasteiger partial charge in [-0.3, -0.25) is 0 Å². The largest absolute Gasteiger partial charge is 0.149 e. The monoisotopic (exact) mass is 765 g/mol. The summed E-state index contributed by atoms with van der Waals surface area (Å²) in [6, 6.07) is 19.8. The minimum atomic E-state index is 0.754. The molecule has 0 radical (unpaired) electrons. The van der Waals surface area contributed by atoms with Gasteiger partial charge in [-0.1, -0.05) is 127 Å². The lowest BCUT2D eigenvalue weighted by Gasteiger charge is -2.33. The second-order valence-corrected chi connectivity index (χ2v) is 17.9. The van der Waals surface area contributed by atoms with Crippen LogP contribution in [0.25, 0.3) is 38.9 Å². The molecule has 0 N–H and O–H groups in total. The highest BCUT2D eigenvalue weighted by Gasteiger charge is 2.30. The first-order chi connectivity index (χ1) is 28.8. The van der Waals surface area contributed by atoms with Crippen LogP contribution in [0.2, 0.25) is 6.32 Å². The van der Waals surface area contributed by atoms with E-state index in [9.17, 15) is 0 Å². The average molecular weight is 762 g/mol. The van der Waals surface area contributed by atoms with Gasteiger partial charge in [0.2, 0.25) is 0 Å². The molecule has 0 saturated heterocycles. The van der Waals surface area contributed by atoms with Crippen molar-refractivity contribution in [3.05, 3.63) is 115 Å². The van der Waals surface area contributed by atoms with Gasteiger partial charge in [-0.25, -0.2) is 0 Å². The van der Waals surface area contributed by atoms with Crippen LogP contribution in [0, 0.1) is 24.7 Å². The molecule has 1 aliphatic rings. The van der Waals surface area contributed by atoms with Gasteiger partial charge in [0.25, 0.3) is 0 Å². The zero-order valence-corrected chi connectivity index (χ0v) is 40.3. The van der Waals surface area contributed by atoms with Gasteiger partial charge >= 0.3 is 0 Å². The highest BCUT2D eigenvalue weighted by atomic mass is 14.3. The lowest BCUT2D eigenvalue weighted by Crippen LogP contribution is -2.66. The van der Waals surface area contributed by atoms with Crippen molar-refractivity contribution in [1.29, 1.82) is 0 Å². The van der Waals surface area contributed by atoms with E-state index < -0.39 is 0 Å². The van der Waals surface area contributed by atoms with Gasteiger partial charge in [-0.15, -0.1) is 34.7 Å². The van der Waals surface area contributed by atoms with E-state index in [-0.39, 0.29) is 0 Å². The fourth-order valence-electron chi connectivity index (χ4n) is 10.2. The molecule has 17 heteroatoms. The molecule has 5 aromatic rings. The minimum absolute atomic E-state index is 0.754. The zero-order valence-electron chi connectivity index (χ0n) is 40.3. The number of hydrogen-bond donors (Lipinski definition) is 0. The number of benzene rings is 5. The van der Waals surface area contributed by atoms with Crippen molar-refractivity contribution < 1.29 is 0 Å². The Hall–Kier alpha value is -4.72. The predicted molar refractivity (Wildman–Crippen MR) is 323 cm³/mol. The predicted octanol–water partition coefficient (Wildman–Crippen LogP) is -16.4. The van der Waals surface area contributed by atoms with Crippen LogP contribution >= 0.6 is 0 Å². The molecule has 1 aliphatic carbocycles. The Morgan fingerprint density at radius 3 is 1.61 bits per heavy atom. The third-order valence-electron chi connectivity index (χ3n) is 15.2. The van der Waals surface area contributed by atoms with E-state index in [1.807, 2.05) is 0 Å². The van der Waals surface area contributed by atoms with Crippen LogP contribution < -0.4 is 70.5 Å². The SMILES string of the molecule is BC/C(B)=C(/B)c1c(B)c(B)c(B)c(C2=c3c(B)c(B)c(B)c(B)c3=C(c3c(B)c(B)c(-c4cccc(-c5ccccc5)c4)c(B)c3B)C/C2=C(B)\C(B)=C(\B)C#C)c1C#C. The second-order valence-electron chi connectivity index (χ2n) is 17.9. The van der Waals surface area contributed by atoms with Crippen LogP contribution in [0.5, 0.6) is 0 Å². The second kappa shape index (κ2) is 17.9. The third kappa shape index (κ3) is 7.65. The first-order valence-electron chi connectivity index (χ1n) is 22.1. The first-order valence-corrected chi connectivity index (χ1v) is 22.1. The fourth-order valence-corrected chi connectivity index (χ4v) is 10.2. The van der Waals surface area contributed by atoms with E-state index in [2.05, 4.69) is 200 Å². The summed E-state index contributed by atoms with van der Waals surface area (Å²) < 4.78 is 0. The maximum Gasteiger partial charge on any atom is 0.149 e. The smallest absolute Gasteiger partial charge is 0.123 e. The van der Waals surface area contributed by atoms with Crippen molar-refractivity contribution in [2.75, 3.05) is 0 Å². The lowest BCUT2D eigenvalue weighted by atomic mass is 9.57. The van der Waals surface area contributed by atoms with Crippen LogP contribution in [0.4, 0.5) is 0 Å². The molecule has 0 atom stereocenters. The molecular weight excluding hydrogens is 712 g/mol. The molecule has 0 heterocycles. The van der Waals surface area contributed by atoms with E-state index >= 15 is 0 Å². The normalized spacial score (nSPS) is 14.0. The van der Waals surface area contributed by atoms with Gasteiger partial charge < -0.3 is 0 Å². The third-order valence-corrected chi connectivity index (χ3v) is 15.2. The highest BCUT2D eigenvalue weighted by molar-refractivity contribution is 6.65. The summed E-state index contributed by atoms with van der Waals surface area (Å²) >= 11 is 0. The molecule has 276 valence electrons. The van der Waals surface area contributed by atoms with Crippen LogP contribution in [0.15, 0.2) is 82.1 Å². The van der Waals surface area contributed by atoms with Gasteiger partial charge in [-0.05, 0) is 84.1 Å². The fraction of sp³-hybridized carbons (Fsp3) is 0.0455. The Kier molecular flexibility index (Phi) is 13.5. The van der Waals surface area contributed by atoms with Crippen molar-refractivity contribution in [1.82, 2.24) is 0 Å². The number of fused-ring (bicyclic) bond motifs is 1. The number of terminal acetylenes is 2. The summed E-state index contributed by atoms with van der Waals surface area (Å²) in [4.78, 5) is 0. The summed E-state index contributed by atoms with van der Waals surface area (Å²) in [5.74, 6) is 6.32. The van der Waals surface area contributed by atoms with E-state index in [1.165, 1.54) is 143 Å². The molecule has 0 fully saturated rings. The Morgan fingerprint density at radius 1 is 0.541 bits per heavy atom. The molecule has 0 saturated carbocycles. The highest BCUT2D eigenvalue weighted by Crippen LogP contribution is 2.35. The Morgan fingerprint density at radius 2 is 1.05 bits per heavy atom. The average Bonchev–Trinajstić information content (AvgIpc) is 3.27. The van der Waals surface area contributed by atoms with Crippen LogP contribution in [-0.2, 0) is 0 Å². The van der Waals surface area contributed by atoms with Crippen molar-refractivity contribution in [2.24, 2.45) is 0 Å². The maximum atomic E-state index is 6.77. The number of rotatable bonds is 7. The van der Waals surface area contributed by atoms with Crippen LogP contribution in [-0.4, -0.2) is 133 Å². The summed E-state index contributed by atoms with van der Waals surface area (Å²) in [6.07, 6.45) is 14.7. The van der Waals surface area contributed by atoms with Gasteiger partial charge in [0.05, 0.1) is 0 Å². The molecule has 0 amide bonds. The Bertz CT molecular complexity index is 3020. The number of allylic oxidation sites excluding steroid dienone is 5. The molecule has 6 rings (SSSR count). The molecule has 5 aromatic carbocycles. The van der Waals surface area contributed by atoms with Crippen molar-refractivity contribution in [3.63, 3.8) is 0 Å². The van der Waals surface area contributed by atoms with Crippen LogP contribution in [0.1, 0.15) is 28.7 Å². The topological polar surface area (TPSA) is 0 Å². The molecule has 0 aromatic heterocycles. The summed E-state index contributed by atoms with van der Waals surface area (Å²) in [6.45, 7) is 0. The quantitative estimate of drug-likeness (QED) is 0.114. The minimum Gasteiger partial charge on any atom is -0.123 e. The molecule has 0 aliphatic heterocycles. The van der Waals surface area contributed by atoms with Gasteiger partial charge in [-0.2, -0.15) is 0 Å². The Balaban J connectivity index is 1.90. The molecular formula is C44H49B17. The van der Waals surface area contributed by atoms with E-state index in [4.69, 9.17) is 12.8 Å². The first kappa shape index (κ1) is 45.8. The summed E-state index contributed by atoms with van der Waals surface area (Å²) in [5.41, 5.74) is 34.1. The molecule has 0 nitrogen and oxygen atoms in total. The van der Waals surface area contributed by atoms with E-state index in [0.717, 1.165) is 29.2 Å². The van der Waals surface area contributed by atoms with Crippen molar-refractivity contribution in [3.8, 4) is 46.9 Å². The molecule has 0 unspecified atom stereocenters. The summed E-state index contributed by atoms with van der Waals surface area (Å²) in [5, 5.41) is 2.66. The van der Waals surface area contributed by atoms with Crippen LogP contribution in [0.3, 0.4) is 0 Å². The van der Waals surface area contributed by atoms with Crippen molar-refractivity contribution >= 4 is 210 Å². The standard InChI is InChI=1S/C44H49B17/c1-3-19-26(36(53)42(59)40(57)28(19)32(49)23(47)15-45)25-21(31(48)33(50)22(46)4-2)14-20(27-30(25)41(58)44(61)43(60)37(27)54)29-38(55)34(51)24(35(52)39(29)56)18-12-8-11-17(13-18)16-9-6-5-7-10-16/h1-2,5-13H,14-15,45-61H2/b31-21-,32-23-,33-22-.